The SMILES string of the molecule is CSc1ccccc1NC(=O)C[NH+](C)CC(=O)NCCc1ccccc1C. The number of likely N-dealkylation sites (N-methyl/N-ethyl adjacent to an activating group) is 1. The van der Waals surface area contributed by atoms with Gasteiger partial charge in [0, 0.05) is 11.4 Å². The van der Waals surface area contributed by atoms with Crippen LogP contribution in [0.1, 0.15) is 11.1 Å². The van der Waals surface area contributed by atoms with E-state index in [0.29, 0.717) is 6.54 Å². The van der Waals surface area contributed by atoms with Gasteiger partial charge in [-0.2, -0.15) is 0 Å². The summed E-state index contributed by atoms with van der Waals surface area (Å²) in [6.45, 7) is 3.19. The van der Waals surface area contributed by atoms with Gasteiger partial charge in [-0.3, -0.25) is 9.59 Å². The molecule has 0 bridgehead atoms. The fourth-order valence-electron chi connectivity index (χ4n) is 2.84. The summed E-state index contributed by atoms with van der Waals surface area (Å²) in [5.74, 6) is -0.139. The second kappa shape index (κ2) is 10.7. The highest BCUT2D eigenvalue weighted by Gasteiger charge is 2.15. The van der Waals surface area contributed by atoms with E-state index in [9.17, 15) is 9.59 Å². The number of hydrogen-bond acceptors (Lipinski definition) is 3. The van der Waals surface area contributed by atoms with Gasteiger partial charge in [0.05, 0.1) is 12.7 Å². The quantitative estimate of drug-likeness (QED) is 0.573. The Kier molecular flexibility index (Phi) is 8.36. The summed E-state index contributed by atoms with van der Waals surface area (Å²) < 4.78 is 0. The number of anilines is 1. The van der Waals surface area contributed by atoms with Crippen molar-refractivity contribution >= 4 is 29.3 Å². The Bertz CT molecular complexity index is 780. The van der Waals surface area contributed by atoms with Crippen LogP contribution >= 0.6 is 11.8 Å². The van der Waals surface area contributed by atoms with Crippen molar-refractivity contribution in [2.75, 3.05) is 38.3 Å². The number of hydrogen-bond donors (Lipinski definition) is 3. The molecule has 0 aliphatic heterocycles. The maximum Gasteiger partial charge on any atom is 0.279 e. The van der Waals surface area contributed by atoms with Crippen LogP contribution in [0.4, 0.5) is 5.69 Å². The van der Waals surface area contributed by atoms with Gasteiger partial charge in [0.25, 0.3) is 11.8 Å². The van der Waals surface area contributed by atoms with Crippen molar-refractivity contribution in [1.29, 1.82) is 0 Å². The summed E-state index contributed by atoms with van der Waals surface area (Å²) in [6, 6.07) is 15.9. The molecule has 3 N–H and O–H groups in total. The first-order chi connectivity index (χ1) is 13.0. The van der Waals surface area contributed by atoms with Crippen LogP contribution in [0.2, 0.25) is 0 Å². The Morgan fingerprint density at radius 3 is 2.41 bits per heavy atom. The zero-order valence-corrected chi connectivity index (χ0v) is 17.0. The molecule has 1 unspecified atom stereocenters. The Labute approximate surface area is 165 Å². The van der Waals surface area contributed by atoms with Crippen LogP contribution in [0, 0.1) is 6.92 Å². The highest BCUT2D eigenvalue weighted by atomic mass is 32.2. The van der Waals surface area contributed by atoms with Crippen LogP contribution in [0.3, 0.4) is 0 Å². The number of carbonyl (C=O) groups excluding carboxylic acids is 2. The molecule has 0 heterocycles. The van der Waals surface area contributed by atoms with Crippen molar-refractivity contribution in [3.05, 3.63) is 59.7 Å². The van der Waals surface area contributed by atoms with Gasteiger partial charge in [-0.1, -0.05) is 36.4 Å². The molecular weight excluding hydrogens is 358 g/mol. The van der Waals surface area contributed by atoms with Gasteiger partial charge in [0.15, 0.2) is 13.1 Å². The molecule has 2 amide bonds. The fraction of sp³-hybridized carbons (Fsp3) is 0.333. The molecule has 2 rings (SSSR count). The number of para-hydroxylation sites is 1. The summed E-state index contributed by atoms with van der Waals surface area (Å²) in [5.41, 5.74) is 3.28. The molecule has 0 aliphatic carbocycles. The largest absolute Gasteiger partial charge is 0.351 e. The van der Waals surface area contributed by atoms with Crippen LogP contribution in [0.5, 0.6) is 0 Å². The molecule has 2 aromatic carbocycles. The molecule has 2 aromatic rings. The monoisotopic (exact) mass is 386 g/mol. The number of quaternary nitrogens is 1. The number of aryl methyl sites for hydroxylation is 1. The van der Waals surface area contributed by atoms with Gasteiger partial charge in [-0.05, 0) is 42.9 Å². The van der Waals surface area contributed by atoms with E-state index in [0.717, 1.165) is 21.9 Å². The van der Waals surface area contributed by atoms with E-state index >= 15 is 0 Å². The molecule has 0 saturated carbocycles. The summed E-state index contributed by atoms with van der Waals surface area (Å²) in [5, 5.41) is 5.86. The van der Waals surface area contributed by atoms with Crippen molar-refractivity contribution in [3.63, 3.8) is 0 Å². The van der Waals surface area contributed by atoms with Gasteiger partial charge in [-0.25, -0.2) is 0 Å². The summed E-state index contributed by atoms with van der Waals surface area (Å²) in [6.07, 6.45) is 2.78. The van der Waals surface area contributed by atoms with Crippen LogP contribution in [0.25, 0.3) is 0 Å². The van der Waals surface area contributed by atoms with Gasteiger partial charge in [0.1, 0.15) is 0 Å². The molecule has 0 aromatic heterocycles. The Hall–Kier alpha value is -2.31. The lowest BCUT2D eigenvalue weighted by Gasteiger charge is -2.15. The number of nitrogens with one attached hydrogen (secondary N) is 3. The lowest BCUT2D eigenvalue weighted by Crippen LogP contribution is -3.11. The third-order valence-corrected chi connectivity index (χ3v) is 5.08. The van der Waals surface area contributed by atoms with Crippen molar-refractivity contribution in [2.24, 2.45) is 0 Å². The van der Waals surface area contributed by atoms with Crippen LogP contribution in [0.15, 0.2) is 53.4 Å². The van der Waals surface area contributed by atoms with Crippen molar-refractivity contribution in [3.8, 4) is 0 Å². The highest BCUT2D eigenvalue weighted by molar-refractivity contribution is 7.98. The minimum Gasteiger partial charge on any atom is -0.351 e. The van der Waals surface area contributed by atoms with Gasteiger partial charge in [0.2, 0.25) is 0 Å². The molecular formula is C21H28N3O2S+. The second-order valence-electron chi connectivity index (χ2n) is 6.59. The molecule has 27 heavy (non-hydrogen) atoms. The lowest BCUT2D eigenvalue weighted by molar-refractivity contribution is -0.862. The molecule has 0 spiro atoms. The highest BCUT2D eigenvalue weighted by Crippen LogP contribution is 2.24. The number of rotatable bonds is 9. The van der Waals surface area contributed by atoms with E-state index in [4.69, 9.17) is 0 Å². The minimum atomic E-state index is -0.0956. The first kappa shape index (κ1) is 21.0. The third kappa shape index (κ3) is 7.07. The first-order valence-corrected chi connectivity index (χ1v) is 10.3. The van der Waals surface area contributed by atoms with E-state index in [-0.39, 0.29) is 24.9 Å². The standard InChI is InChI=1S/C21H27N3O2S/c1-16-8-4-5-9-17(16)12-13-22-20(25)14-24(2)15-21(26)23-18-10-6-7-11-19(18)27-3/h4-11H,12-15H2,1-3H3,(H,22,25)(H,23,26)/p+1. The first-order valence-electron chi connectivity index (χ1n) is 9.05. The lowest BCUT2D eigenvalue weighted by atomic mass is 10.1. The Morgan fingerprint density at radius 1 is 1.00 bits per heavy atom. The van der Waals surface area contributed by atoms with E-state index in [2.05, 4.69) is 29.7 Å². The normalized spacial score (nSPS) is 11.7. The Morgan fingerprint density at radius 2 is 1.67 bits per heavy atom. The summed E-state index contributed by atoms with van der Waals surface area (Å²) >= 11 is 1.59. The average molecular weight is 387 g/mol. The van der Waals surface area contributed by atoms with Crippen LogP contribution in [-0.4, -0.2) is 44.8 Å². The molecule has 0 radical (unpaired) electrons. The molecule has 0 fully saturated rings. The zero-order chi connectivity index (χ0) is 19.6. The van der Waals surface area contributed by atoms with Gasteiger partial charge >= 0.3 is 0 Å². The van der Waals surface area contributed by atoms with Crippen molar-refractivity contribution in [1.82, 2.24) is 5.32 Å². The summed E-state index contributed by atoms with van der Waals surface area (Å²) in [7, 11) is 1.85. The third-order valence-electron chi connectivity index (χ3n) is 4.28. The maximum absolute atomic E-state index is 12.2. The predicted octanol–water partition coefficient (Wildman–Crippen LogP) is 1.53. The number of carbonyl (C=O) groups is 2. The molecule has 0 saturated heterocycles. The number of amides is 2. The van der Waals surface area contributed by atoms with Crippen molar-refractivity contribution in [2.45, 2.75) is 18.2 Å². The second-order valence-corrected chi connectivity index (χ2v) is 7.43. The maximum atomic E-state index is 12.2. The van der Waals surface area contributed by atoms with Crippen LogP contribution < -0.4 is 15.5 Å². The molecule has 5 nitrogen and oxygen atoms in total. The summed E-state index contributed by atoms with van der Waals surface area (Å²) in [4.78, 5) is 26.2. The fourth-order valence-corrected chi connectivity index (χ4v) is 3.40. The smallest absolute Gasteiger partial charge is 0.279 e. The van der Waals surface area contributed by atoms with E-state index in [1.165, 1.54) is 11.1 Å². The molecule has 0 aliphatic rings. The van der Waals surface area contributed by atoms with Crippen molar-refractivity contribution < 1.29 is 14.5 Å². The molecule has 6 heteroatoms. The number of thioether (sulfide) groups is 1. The topological polar surface area (TPSA) is 62.6 Å². The minimum absolute atomic E-state index is 0.0431. The van der Waals surface area contributed by atoms with Gasteiger partial charge < -0.3 is 15.5 Å². The Balaban J connectivity index is 1.72. The van der Waals surface area contributed by atoms with Gasteiger partial charge in [-0.15, -0.1) is 11.8 Å². The zero-order valence-electron chi connectivity index (χ0n) is 16.2. The van der Waals surface area contributed by atoms with E-state index in [1.54, 1.807) is 11.8 Å². The van der Waals surface area contributed by atoms with Crippen LogP contribution in [-0.2, 0) is 16.0 Å². The van der Waals surface area contributed by atoms with E-state index < -0.39 is 0 Å². The average Bonchev–Trinajstić information content (AvgIpc) is 2.63. The van der Waals surface area contributed by atoms with E-state index in [1.807, 2.05) is 49.7 Å². The predicted molar refractivity (Wildman–Crippen MR) is 111 cm³/mol. The number of benzene rings is 2. The molecule has 1 atom stereocenters. The molecule has 144 valence electrons.